The van der Waals surface area contributed by atoms with Crippen LogP contribution in [0.15, 0.2) is 54.6 Å². The van der Waals surface area contributed by atoms with Gasteiger partial charge < -0.3 is 14.5 Å². The van der Waals surface area contributed by atoms with Crippen molar-refractivity contribution in [2.45, 2.75) is 6.92 Å². The van der Waals surface area contributed by atoms with E-state index in [1.165, 1.54) is 0 Å². The van der Waals surface area contributed by atoms with Crippen LogP contribution in [0.1, 0.15) is 17.3 Å². The Labute approximate surface area is 137 Å². The Balaban J connectivity index is 1.62. The van der Waals surface area contributed by atoms with E-state index in [-0.39, 0.29) is 5.91 Å². The Kier molecular flexibility index (Phi) is 4.93. The summed E-state index contributed by atoms with van der Waals surface area (Å²) in [5.74, 6) is 1.64. The van der Waals surface area contributed by atoms with E-state index in [9.17, 15) is 4.79 Å². The molecule has 0 atom stereocenters. The first-order chi connectivity index (χ1) is 11.3. The maximum atomic E-state index is 12.5. The molecule has 4 nitrogen and oxygen atoms in total. The van der Waals surface area contributed by atoms with E-state index in [1.807, 2.05) is 59.5 Å². The van der Waals surface area contributed by atoms with Crippen LogP contribution >= 0.6 is 0 Å². The van der Waals surface area contributed by atoms with E-state index < -0.39 is 0 Å². The van der Waals surface area contributed by atoms with E-state index >= 15 is 0 Å². The molecule has 0 radical (unpaired) electrons. The normalized spacial score (nSPS) is 15.4. The largest absolute Gasteiger partial charge is 0.457 e. The van der Waals surface area contributed by atoms with Crippen LogP contribution in [-0.4, -0.2) is 48.4 Å². The highest BCUT2D eigenvalue weighted by Gasteiger charge is 2.21. The van der Waals surface area contributed by atoms with Gasteiger partial charge in [0.25, 0.3) is 5.91 Å². The molecule has 1 amide bonds. The summed E-state index contributed by atoms with van der Waals surface area (Å²) in [5.41, 5.74) is 0.718. The molecule has 3 rings (SSSR count). The summed E-state index contributed by atoms with van der Waals surface area (Å²) in [4.78, 5) is 16.8. The van der Waals surface area contributed by atoms with Crippen LogP contribution in [0.2, 0.25) is 0 Å². The summed E-state index contributed by atoms with van der Waals surface area (Å²) in [6.07, 6.45) is 0. The Morgan fingerprint density at radius 1 is 0.913 bits per heavy atom. The molecule has 2 aromatic rings. The van der Waals surface area contributed by atoms with Gasteiger partial charge in [-0.05, 0) is 42.9 Å². The summed E-state index contributed by atoms with van der Waals surface area (Å²) in [7, 11) is 0. The van der Waals surface area contributed by atoms with Gasteiger partial charge in [0.05, 0.1) is 0 Å². The number of hydrogen-bond donors (Lipinski definition) is 0. The van der Waals surface area contributed by atoms with Crippen LogP contribution in [0, 0.1) is 0 Å². The predicted octanol–water partition coefficient (Wildman–Crippen LogP) is 3.26. The third-order valence-electron chi connectivity index (χ3n) is 4.19. The van der Waals surface area contributed by atoms with E-state index in [4.69, 9.17) is 4.74 Å². The number of nitrogens with zero attached hydrogens (tertiary/aromatic N) is 2. The second kappa shape index (κ2) is 7.29. The lowest BCUT2D eigenvalue weighted by molar-refractivity contribution is 0.0643. The van der Waals surface area contributed by atoms with Gasteiger partial charge in [0.2, 0.25) is 0 Å². The second-order valence-electron chi connectivity index (χ2n) is 5.67. The maximum Gasteiger partial charge on any atom is 0.253 e. The average molecular weight is 310 g/mol. The summed E-state index contributed by atoms with van der Waals surface area (Å²) >= 11 is 0. The van der Waals surface area contributed by atoms with Crippen molar-refractivity contribution in [3.05, 3.63) is 60.2 Å². The third-order valence-corrected chi connectivity index (χ3v) is 4.19. The summed E-state index contributed by atoms with van der Waals surface area (Å²) in [6.45, 7) is 6.72. The average Bonchev–Trinajstić information content (AvgIpc) is 2.63. The molecule has 0 bridgehead atoms. The van der Waals surface area contributed by atoms with Gasteiger partial charge in [0, 0.05) is 31.7 Å². The number of para-hydroxylation sites is 1. The van der Waals surface area contributed by atoms with Crippen LogP contribution in [0.3, 0.4) is 0 Å². The lowest BCUT2D eigenvalue weighted by Crippen LogP contribution is -2.48. The molecule has 23 heavy (non-hydrogen) atoms. The van der Waals surface area contributed by atoms with Crippen molar-refractivity contribution in [2.24, 2.45) is 0 Å². The lowest BCUT2D eigenvalue weighted by atomic mass is 10.1. The summed E-state index contributed by atoms with van der Waals surface area (Å²) < 4.78 is 5.76. The van der Waals surface area contributed by atoms with Gasteiger partial charge in [-0.3, -0.25) is 4.79 Å². The van der Waals surface area contributed by atoms with E-state index in [2.05, 4.69) is 11.8 Å². The van der Waals surface area contributed by atoms with Gasteiger partial charge in [0.1, 0.15) is 11.5 Å². The fraction of sp³-hybridized carbons (Fsp3) is 0.316. The van der Waals surface area contributed by atoms with Crippen LogP contribution in [0.4, 0.5) is 0 Å². The second-order valence-corrected chi connectivity index (χ2v) is 5.67. The molecular formula is C19H22N2O2. The zero-order valence-corrected chi connectivity index (χ0v) is 13.4. The van der Waals surface area contributed by atoms with Crippen molar-refractivity contribution in [3.8, 4) is 11.5 Å². The molecule has 1 heterocycles. The molecule has 1 saturated heterocycles. The van der Waals surface area contributed by atoms with Crippen LogP contribution < -0.4 is 4.74 Å². The molecule has 1 fully saturated rings. The molecule has 2 aromatic carbocycles. The fourth-order valence-corrected chi connectivity index (χ4v) is 2.74. The van der Waals surface area contributed by atoms with Gasteiger partial charge in [-0.25, -0.2) is 0 Å². The van der Waals surface area contributed by atoms with Crippen molar-refractivity contribution in [1.82, 2.24) is 9.80 Å². The molecular weight excluding hydrogens is 288 g/mol. The highest BCUT2D eigenvalue weighted by atomic mass is 16.5. The monoisotopic (exact) mass is 310 g/mol. The minimum absolute atomic E-state index is 0.104. The number of ether oxygens (including phenoxy) is 1. The molecule has 0 spiro atoms. The van der Waals surface area contributed by atoms with Gasteiger partial charge in [0.15, 0.2) is 0 Å². The van der Waals surface area contributed by atoms with E-state index in [0.29, 0.717) is 0 Å². The quantitative estimate of drug-likeness (QED) is 0.869. The third kappa shape index (κ3) is 3.90. The smallest absolute Gasteiger partial charge is 0.253 e. The summed E-state index contributed by atoms with van der Waals surface area (Å²) in [6, 6.07) is 17.0. The molecule has 0 N–H and O–H groups in total. The minimum Gasteiger partial charge on any atom is -0.457 e. The number of likely N-dealkylation sites (N-methyl/N-ethyl adjacent to an activating group) is 1. The maximum absolute atomic E-state index is 12.5. The van der Waals surface area contributed by atoms with Crippen molar-refractivity contribution in [3.63, 3.8) is 0 Å². The van der Waals surface area contributed by atoms with Crippen molar-refractivity contribution in [2.75, 3.05) is 32.7 Å². The zero-order chi connectivity index (χ0) is 16.1. The van der Waals surface area contributed by atoms with Crippen LogP contribution in [0.25, 0.3) is 0 Å². The lowest BCUT2D eigenvalue weighted by Gasteiger charge is -2.34. The Morgan fingerprint density at radius 3 is 2.13 bits per heavy atom. The van der Waals surface area contributed by atoms with E-state index in [0.717, 1.165) is 49.8 Å². The standard InChI is InChI=1S/C19H22N2O2/c1-2-20-12-14-21(15-13-20)19(22)16-8-10-18(11-9-16)23-17-6-4-3-5-7-17/h3-11H,2,12-15H2,1H3. The number of amides is 1. The van der Waals surface area contributed by atoms with Gasteiger partial charge >= 0.3 is 0 Å². The molecule has 120 valence electrons. The number of rotatable bonds is 4. The van der Waals surface area contributed by atoms with Crippen LogP contribution in [0.5, 0.6) is 11.5 Å². The Morgan fingerprint density at radius 2 is 1.52 bits per heavy atom. The highest BCUT2D eigenvalue weighted by Crippen LogP contribution is 2.21. The first-order valence-electron chi connectivity index (χ1n) is 8.11. The van der Waals surface area contributed by atoms with Gasteiger partial charge in [-0.1, -0.05) is 25.1 Å². The molecule has 1 aliphatic heterocycles. The number of carbonyl (C=O) groups is 1. The number of piperazine rings is 1. The minimum atomic E-state index is 0.104. The summed E-state index contributed by atoms with van der Waals surface area (Å²) in [5, 5.41) is 0. The Hall–Kier alpha value is -2.33. The molecule has 1 aliphatic rings. The zero-order valence-electron chi connectivity index (χ0n) is 13.4. The molecule has 0 unspecified atom stereocenters. The van der Waals surface area contributed by atoms with Crippen molar-refractivity contribution >= 4 is 5.91 Å². The first kappa shape index (κ1) is 15.6. The van der Waals surface area contributed by atoms with Crippen molar-refractivity contribution < 1.29 is 9.53 Å². The highest BCUT2D eigenvalue weighted by molar-refractivity contribution is 5.94. The number of carbonyl (C=O) groups excluding carboxylic acids is 1. The molecule has 0 aliphatic carbocycles. The van der Waals surface area contributed by atoms with Crippen LogP contribution in [-0.2, 0) is 0 Å². The Bertz CT molecular complexity index is 632. The topological polar surface area (TPSA) is 32.8 Å². The predicted molar refractivity (Wildman–Crippen MR) is 91.0 cm³/mol. The SMILES string of the molecule is CCN1CCN(C(=O)c2ccc(Oc3ccccc3)cc2)CC1. The molecule has 4 heteroatoms. The first-order valence-corrected chi connectivity index (χ1v) is 8.11. The van der Waals surface area contributed by atoms with Gasteiger partial charge in [-0.15, -0.1) is 0 Å². The molecule has 0 saturated carbocycles. The van der Waals surface area contributed by atoms with E-state index in [1.54, 1.807) is 0 Å². The van der Waals surface area contributed by atoms with Gasteiger partial charge in [-0.2, -0.15) is 0 Å². The number of benzene rings is 2. The van der Waals surface area contributed by atoms with Crippen molar-refractivity contribution in [1.29, 1.82) is 0 Å². The fourth-order valence-electron chi connectivity index (χ4n) is 2.74. The number of hydrogen-bond acceptors (Lipinski definition) is 3. The molecule has 0 aromatic heterocycles.